The molecule has 0 spiro atoms. The number of para-hydroxylation sites is 1. The van der Waals surface area contributed by atoms with Crippen LogP contribution >= 0.6 is 15.9 Å². The summed E-state index contributed by atoms with van der Waals surface area (Å²) in [6.07, 6.45) is 1.83. The number of anilines is 2. The Hall–Kier alpha value is -1.29. The van der Waals surface area contributed by atoms with E-state index in [9.17, 15) is 0 Å². The van der Waals surface area contributed by atoms with Gasteiger partial charge in [-0.25, -0.2) is 0 Å². The highest BCUT2D eigenvalue weighted by Gasteiger charge is 2.04. The topological polar surface area (TPSA) is 29.9 Å². The number of halogens is 1. The van der Waals surface area contributed by atoms with Crippen molar-refractivity contribution in [3.05, 3.63) is 40.6 Å². The maximum absolute atomic E-state index is 4.18. The standard InChI is InChI=1S/C11H12BrN3/c1-8-11(7-13-15(8)2)14-10-6-4-3-5-9(10)12/h3-7,14H,1-2H3. The summed E-state index contributed by atoms with van der Waals surface area (Å²) in [6, 6.07) is 8.02. The highest BCUT2D eigenvalue weighted by atomic mass is 79.9. The molecule has 2 rings (SSSR count). The normalized spacial score (nSPS) is 10.3. The average Bonchev–Trinajstić information content (AvgIpc) is 2.53. The molecule has 1 heterocycles. The van der Waals surface area contributed by atoms with Gasteiger partial charge in [0.2, 0.25) is 0 Å². The van der Waals surface area contributed by atoms with E-state index in [1.807, 2.05) is 49.1 Å². The van der Waals surface area contributed by atoms with E-state index in [0.717, 1.165) is 21.5 Å². The lowest BCUT2D eigenvalue weighted by Gasteiger charge is -2.07. The van der Waals surface area contributed by atoms with Crippen molar-refractivity contribution in [3.8, 4) is 0 Å². The molecule has 0 fully saturated rings. The van der Waals surface area contributed by atoms with Crippen molar-refractivity contribution in [2.75, 3.05) is 5.32 Å². The molecule has 1 aromatic heterocycles. The van der Waals surface area contributed by atoms with Crippen LogP contribution in [0.5, 0.6) is 0 Å². The number of aromatic nitrogens is 2. The molecule has 0 aliphatic carbocycles. The van der Waals surface area contributed by atoms with Crippen LogP contribution in [-0.4, -0.2) is 9.78 Å². The first kappa shape index (κ1) is 10.2. The molecular weight excluding hydrogens is 254 g/mol. The Morgan fingerprint density at radius 1 is 1.27 bits per heavy atom. The minimum absolute atomic E-state index is 1.03. The highest BCUT2D eigenvalue weighted by Crippen LogP contribution is 2.26. The van der Waals surface area contributed by atoms with Gasteiger partial charge in [0.1, 0.15) is 0 Å². The Balaban J connectivity index is 2.30. The number of nitrogens with one attached hydrogen (secondary N) is 1. The minimum atomic E-state index is 1.03. The van der Waals surface area contributed by atoms with Gasteiger partial charge in [0, 0.05) is 11.5 Å². The molecule has 78 valence electrons. The average molecular weight is 266 g/mol. The van der Waals surface area contributed by atoms with E-state index in [0.29, 0.717) is 0 Å². The lowest BCUT2D eigenvalue weighted by molar-refractivity contribution is 0.740. The van der Waals surface area contributed by atoms with Crippen molar-refractivity contribution in [2.45, 2.75) is 6.92 Å². The molecule has 2 aromatic rings. The van der Waals surface area contributed by atoms with Crippen LogP contribution in [-0.2, 0) is 7.05 Å². The number of benzene rings is 1. The lowest BCUT2D eigenvalue weighted by atomic mass is 10.3. The molecule has 0 atom stereocenters. The summed E-state index contributed by atoms with van der Waals surface area (Å²) in [5.74, 6) is 0. The smallest absolute Gasteiger partial charge is 0.0800 e. The van der Waals surface area contributed by atoms with Gasteiger partial charge < -0.3 is 5.32 Å². The van der Waals surface area contributed by atoms with Crippen molar-refractivity contribution < 1.29 is 0 Å². The number of hydrogen-bond acceptors (Lipinski definition) is 2. The Morgan fingerprint density at radius 3 is 2.60 bits per heavy atom. The van der Waals surface area contributed by atoms with Crippen LogP contribution in [0.3, 0.4) is 0 Å². The monoisotopic (exact) mass is 265 g/mol. The van der Waals surface area contributed by atoms with Gasteiger partial charge in [-0.3, -0.25) is 4.68 Å². The van der Waals surface area contributed by atoms with Crippen molar-refractivity contribution >= 4 is 27.3 Å². The summed E-state index contributed by atoms with van der Waals surface area (Å²) in [5, 5.41) is 7.51. The predicted octanol–water partition coefficient (Wildman–Crippen LogP) is 3.23. The van der Waals surface area contributed by atoms with E-state index in [-0.39, 0.29) is 0 Å². The number of nitrogens with zero attached hydrogens (tertiary/aromatic N) is 2. The van der Waals surface area contributed by atoms with Crippen molar-refractivity contribution in [2.24, 2.45) is 7.05 Å². The van der Waals surface area contributed by atoms with Crippen LogP contribution in [0.15, 0.2) is 34.9 Å². The van der Waals surface area contributed by atoms with Gasteiger partial charge in [0.25, 0.3) is 0 Å². The van der Waals surface area contributed by atoms with E-state index in [2.05, 4.69) is 26.3 Å². The molecule has 4 heteroatoms. The molecule has 0 radical (unpaired) electrons. The van der Waals surface area contributed by atoms with Crippen molar-refractivity contribution in [1.82, 2.24) is 9.78 Å². The van der Waals surface area contributed by atoms with Crippen LogP contribution < -0.4 is 5.32 Å². The molecule has 0 saturated carbocycles. The third kappa shape index (κ3) is 2.04. The van der Waals surface area contributed by atoms with E-state index in [1.54, 1.807) is 0 Å². The van der Waals surface area contributed by atoms with E-state index in [1.165, 1.54) is 0 Å². The molecular formula is C11H12BrN3. The highest BCUT2D eigenvalue weighted by molar-refractivity contribution is 9.10. The summed E-state index contributed by atoms with van der Waals surface area (Å²) in [5.41, 5.74) is 3.20. The third-order valence-corrected chi connectivity index (χ3v) is 3.07. The molecule has 0 aliphatic rings. The molecule has 0 unspecified atom stereocenters. The molecule has 0 bridgehead atoms. The molecule has 15 heavy (non-hydrogen) atoms. The predicted molar refractivity (Wildman–Crippen MR) is 65.4 cm³/mol. The Bertz CT molecular complexity index is 476. The first-order valence-corrected chi connectivity index (χ1v) is 5.48. The van der Waals surface area contributed by atoms with Crippen LogP contribution in [0, 0.1) is 6.92 Å². The van der Waals surface area contributed by atoms with Crippen molar-refractivity contribution in [3.63, 3.8) is 0 Å². The summed E-state index contributed by atoms with van der Waals surface area (Å²) in [4.78, 5) is 0. The van der Waals surface area contributed by atoms with Crippen LogP contribution in [0.2, 0.25) is 0 Å². The van der Waals surface area contributed by atoms with Gasteiger partial charge in [-0.1, -0.05) is 12.1 Å². The van der Waals surface area contributed by atoms with Gasteiger partial charge in [-0.15, -0.1) is 0 Å². The van der Waals surface area contributed by atoms with Gasteiger partial charge in [-0.2, -0.15) is 5.10 Å². The Kier molecular flexibility index (Phi) is 2.77. The SMILES string of the molecule is Cc1c(Nc2ccccc2Br)cnn1C. The van der Waals surface area contributed by atoms with Crippen LogP contribution in [0.1, 0.15) is 5.69 Å². The zero-order valence-electron chi connectivity index (χ0n) is 8.66. The molecule has 0 saturated heterocycles. The summed E-state index contributed by atoms with van der Waals surface area (Å²) in [7, 11) is 1.93. The Morgan fingerprint density at radius 2 is 2.00 bits per heavy atom. The zero-order valence-corrected chi connectivity index (χ0v) is 10.2. The molecule has 3 nitrogen and oxygen atoms in total. The van der Waals surface area contributed by atoms with Gasteiger partial charge in [0.15, 0.2) is 0 Å². The van der Waals surface area contributed by atoms with Crippen molar-refractivity contribution in [1.29, 1.82) is 0 Å². The van der Waals surface area contributed by atoms with Crippen LogP contribution in [0.25, 0.3) is 0 Å². The fourth-order valence-corrected chi connectivity index (χ4v) is 1.71. The second-order valence-electron chi connectivity index (χ2n) is 3.37. The first-order chi connectivity index (χ1) is 7.18. The molecule has 0 amide bonds. The van der Waals surface area contributed by atoms with Crippen LogP contribution in [0.4, 0.5) is 11.4 Å². The molecule has 1 N–H and O–H groups in total. The number of aryl methyl sites for hydroxylation is 1. The number of rotatable bonds is 2. The largest absolute Gasteiger partial charge is 0.352 e. The summed E-state index contributed by atoms with van der Waals surface area (Å²) >= 11 is 3.50. The second kappa shape index (κ2) is 4.06. The lowest BCUT2D eigenvalue weighted by Crippen LogP contribution is -1.95. The maximum Gasteiger partial charge on any atom is 0.0800 e. The fraction of sp³-hybridized carbons (Fsp3) is 0.182. The van der Waals surface area contributed by atoms with E-state index >= 15 is 0 Å². The van der Waals surface area contributed by atoms with E-state index in [4.69, 9.17) is 0 Å². The third-order valence-electron chi connectivity index (χ3n) is 2.38. The van der Waals surface area contributed by atoms with Gasteiger partial charge >= 0.3 is 0 Å². The van der Waals surface area contributed by atoms with Gasteiger partial charge in [-0.05, 0) is 35.0 Å². The minimum Gasteiger partial charge on any atom is -0.352 e. The Labute approximate surface area is 97.2 Å². The summed E-state index contributed by atoms with van der Waals surface area (Å²) < 4.78 is 2.90. The second-order valence-corrected chi connectivity index (χ2v) is 4.23. The fourth-order valence-electron chi connectivity index (χ4n) is 1.33. The first-order valence-electron chi connectivity index (χ1n) is 4.68. The number of hydrogen-bond donors (Lipinski definition) is 1. The quantitative estimate of drug-likeness (QED) is 0.904. The summed E-state index contributed by atoms with van der Waals surface area (Å²) in [6.45, 7) is 2.03. The van der Waals surface area contributed by atoms with E-state index < -0.39 is 0 Å². The molecule has 0 aliphatic heterocycles. The van der Waals surface area contributed by atoms with Gasteiger partial charge in [0.05, 0.1) is 23.3 Å². The zero-order chi connectivity index (χ0) is 10.8. The molecule has 1 aromatic carbocycles. The maximum atomic E-state index is 4.18.